The van der Waals surface area contributed by atoms with E-state index < -0.39 is 22.6 Å². The van der Waals surface area contributed by atoms with Crippen LogP contribution < -0.4 is 15.4 Å². The van der Waals surface area contributed by atoms with Crippen molar-refractivity contribution < 1.29 is 24.2 Å². The van der Waals surface area contributed by atoms with E-state index in [1.54, 1.807) is 40.9 Å². The fourth-order valence-electron chi connectivity index (χ4n) is 6.47. The zero-order valence-corrected chi connectivity index (χ0v) is 22.8. The number of aryl methyl sites for hydroxylation is 2. The number of hydrogen-bond acceptors (Lipinski definition) is 6. The van der Waals surface area contributed by atoms with E-state index in [0.717, 1.165) is 29.0 Å². The van der Waals surface area contributed by atoms with Crippen molar-refractivity contribution in [2.75, 3.05) is 30.4 Å². The number of nitrogens with zero attached hydrogens (tertiary/aromatic N) is 1. The molecule has 202 valence electrons. The molecule has 2 unspecified atom stereocenters. The minimum atomic E-state index is -0.705. The van der Waals surface area contributed by atoms with Crippen molar-refractivity contribution in [2.45, 2.75) is 56.1 Å². The van der Waals surface area contributed by atoms with Gasteiger partial charge in [-0.05, 0) is 75.4 Å². The number of thioether (sulfide) groups is 1. The number of ether oxygens (including phenoxy) is 1. The van der Waals surface area contributed by atoms with Gasteiger partial charge in [-0.25, -0.2) is 0 Å². The number of carbonyl (C=O) groups is 3. The third-order valence-electron chi connectivity index (χ3n) is 8.07. The average Bonchev–Trinajstić information content (AvgIpc) is 3.53. The molecule has 0 aliphatic carbocycles. The first-order valence-electron chi connectivity index (χ1n) is 13.3. The smallest absolute Gasteiger partial charge is 0.248 e. The second-order valence-corrected chi connectivity index (χ2v) is 12.0. The van der Waals surface area contributed by atoms with E-state index in [9.17, 15) is 19.5 Å². The lowest BCUT2D eigenvalue weighted by Crippen LogP contribution is -2.51. The molecule has 0 saturated carbocycles. The van der Waals surface area contributed by atoms with Crippen LogP contribution in [0.1, 0.15) is 37.3 Å². The summed E-state index contributed by atoms with van der Waals surface area (Å²) in [6, 6.07) is 12.3. The summed E-state index contributed by atoms with van der Waals surface area (Å²) in [6.45, 7) is 6.56. The van der Waals surface area contributed by atoms with E-state index in [0.29, 0.717) is 25.1 Å². The Hall–Kier alpha value is -3.04. The molecule has 5 rings (SSSR count). The van der Waals surface area contributed by atoms with Crippen molar-refractivity contribution in [3.05, 3.63) is 53.6 Å². The fraction of sp³-hybridized carbons (Fsp3) is 0.483. The van der Waals surface area contributed by atoms with Gasteiger partial charge in [0.05, 0.1) is 23.2 Å². The maximum Gasteiger partial charge on any atom is 0.248 e. The molecule has 1 spiro atoms. The van der Waals surface area contributed by atoms with Crippen LogP contribution in [0.5, 0.6) is 5.75 Å². The number of benzene rings is 2. The van der Waals surface area contributed by atoms with E-state index in [1.165, 1.54) is 0 Å². The molecule has 3 heterocycles. The summed E-state index contributed by atoms with van der Waals surface area (Å²) in [5, 5.41) is 15.6. The van der Waals surface area contributed by atoms with Gasteiger partial charge in [0.15, 0.2) is 0 Å². The number of anilines is 2. The molecule has 3 aliphatic heterocycles. The lowest BCUT2D eigenvalue weighted by molar-refractivity contribution is -0.138. The van der Waals surface area contributed by atoms with Crippen molar-refractivity contribution in [3.63, 3.8) is 0 Å². The van der Waals surface area contributed by atoms with Gasteiger partial charge in [0, 0.05) is 29.8 Å². The number of rotatable bonds is 9. The third kappa shape index (κ3) is 4.45. The Morgan fingerprint density at radius 2 is 1.82 bits per heavy atom. The molecular weight excluding hydrogens is 502 g/mol. The van der Waals surface area contributed by atoms with Gasteiger partial charge < -0.3 is 25.4 Å². The molecule has 0 radical (unpaired) electrons. The number of para-hydroxylation sites is 1. The number of amides is 3. The maximum atomic E-state index is 13.9. The number of aliphatic hydroxyl groups is 1. The van der Waals surface area contributed by atoms with Crippen LogP contribution in [0.3, 0.4) is 0 Å². The predicted molar refractivity (Wildman–Crippen MR) is 148 cm³/mol. The zero-order chi connectivity index (χ0) is 27.0. The van der Waals surface area contributed by atoms with Gasteiger partial charge in [0.1, 0.15) is 11.8 Å². The van der Waals surface area contributed by atoms with Crippen molar-refractivity contribution in [2.24, 2.45) is 11.8 Å². The number of nitrogens with one attached hydrogen (secondary N) is 2. The first-order valence-corrected chi connectivity index (χ1v) is 14.2. The minimum Gasteiger partial charge on any atom is -0.494 e. The van der Waals surface area contributed by atoms with Gasteiger partial charge >= 0.3 is 0 Å². The van der Waals surface area contributed by atoms with Crippen molar-refractivity contribution in [1.82, 2.24) is 4.90 Å². The van der Waals surface area contributed by atoms with Crippen LogP contribution in [0.2, 0.25) is 0 Å². The summed E-state index contributed by atoms with van der Waals surface area (Å²) in [5.74, 6) is -0.963. The van der Waals surface area contributed by atoms with Gasteiger partial charge in [-0.15, -0.1) is 11.8 Å². The standard InChI is InChI=1S/C29H35N3O5S/c1-4-37-20-11-9-19(10-12-20)30-26(34)22-21-13-14-29(38-21)23(22)28(36)32(15-6-16-33)25(29)27(35)31-24-17(2)7-5-8-18(24)3/h5,7-12,21-23,25,33H,4,6,13-16H2,1-3H3,(H,30,34)(H,31,35)/t21-,22+,23+,25?,29?/m1/s1. The lowest BCUT2D eigenvalue weighted by Gasteiger charge is -2.34. The first-order chi connectivity index (χ1) is 18.3. The summed E-state index contributed by atoms with van der Waals surface area (Å²) in [6.07, 6.45) is 1.85. The van der Waals surface area contributed by atoms with Gasteiger partial charge in [0.25, 0.3) is 0 Å². The van der Waals surface area contributed by atoms with Crippen LogP contribution in [0, 0.1) is 25.7 Å². The Bertz CT molecular complexity index is 1210. The molecular formula is C29H35N3O5S. The van der Waals surface area contributed by atoms with Gasteiger partial charge in [-0.2, -0.15) is 0 Å². The quantitative estimate of drug-likeness (QED) is 0.450. The number of carbonyl (C=O) groups excluding carboxylic acids is 3. The maximum absolute atomic E-state index is 13.9. The van der Waals surface area contributed by atoms with Crippen molar-refractivity contribution in [1.29, 1.82) is 0 Å². The average molecular weight is 538 g/mol. The molecule has 38 heavy (non-hydrogen) atoms. The van der Waals surface area contributed by atoms with E-state index in [-0.39, 0.29) is 36.1 Å². The first kappa shape index (κ1) is 26.6. The number of fused-ring (bicyclic) bond motifs is 1. The van der Waals surface area contributed by atoms with Crippen LogP contribution in [0.4, 0.5) is 11.4 Å². The highest BCUT2D eigenvalue weighted by atomic mass is 32.2. The second kappa shape index (κ2) is 10.6. The van der Waals surface area contributed by atoms with Crippen molar-refractivity contribution >= 4 is 40.9 Å². The molecule has 2 aromatic rings. The SMILES string of the molecule is CCOc1ccc(NC(=O)[C@@H]2[C@H]3C(=O)N(CCCO)C(C(=O)Nc4c(C)cccc4C)C34CC[C@H]2S4)cc1. The number of likely N-dealkylation sites (tertiary alicyclic amines) is 1. The fourth-order valence-corrected chi connectivity index (χ4v) is 8.68. The van der Waals surface area contributed by atoms with E-state index >= 15 is 0 Å². The molecule has 2 bridgehead atoms. The minimum absolute atomic E-state index is 0.0258. The Morgan fingerprint density at radius 3 is 2.47 bits per heavy atom. The highest BCUT2D eigenvalue weighted by Crippen LogP contribution is 2.66. The molecule has 3 saturated heterocycles. The Balaban J connectivity index is 1.43. The molecule has 3 amide bonds. The summed E-state index contributed by atoms with van der Waals surface area (Å²) >= 11 is 1.64. The number of hydrogen-bond donors (Lipinski definition) is 3. The molecule has 2 aromatic carbocycles. The van der Waals surface area contributed by atoms with Crippen LogP contribution in [0.15, 0.2) is 42.5 Å². The van der Waals surface area contributed by atoms with Crippen LogP contribution >= 0.6 is 11.8 Å². The summed E-state index contributed by atoms with van der Waals surface area (Å²) in [4.78, 5) is 43.1. The summed E-state index contributed by atoms with van der Waals surface area (Å²) in [5.41, 5.74) is 3.31. The van der Waals surface area contributed by atoms with Gasteiger partial charge in [-0.3, -0.25) is 14.4 Å². The zero-order valence-electron chi connectivity index (χ0n) is 22.0. The molecule has 8 nitrogen and oxygen atoms in total. The Kier molecular flexibility index (Phi) is 7.42. The summed E-state index contributed by atoms with van der Waals surface area (Å²) < 4.78 is 4.82. The molecule has 3 aliphatic rings. The highest BCUT2D eigenvalue weighted by Gasteiger charge is 2.73. The highest BCUT2D eigenvalue weighted by molar-refractivity contribution is 8.02. The van der Waals surface area contributed by atoms with Crippen LogP contribution in [-0.4, -0.2) is 63.5 Å². The predicted octanol–water partition coefficient (Wildman–Crippen LogP) is 3.75. The van der Waals surface area contributed by atoms with Crippen LogP contribution in [0.25, 0.3) is 0 Å². The van der Waals surface area contributed by atoms with Gasteiger partial charge in [0.2, 0.25) is 17.7 Å². The number of aliphatic hydroxyl groups excluding tert-OH is 1. The monoisotopic (exact) mass is 537 g/mol. The van der Waals surface area contributed by atoms with Crippen molar-refractivity contribution in [3.8, 4) is 5.75 Å². The Morgan fingerprint density at radius 1 is 1.11 bits per heavy atom. The third-order valence-corrected chi connectivity index (χ3v) is 10.0. The second-order valence-electron chi connectivity index (χ2n) is 10.4. The largest absolute Gasteiger partial charge is 0.494 e. The topological polar surface area (TPSA) is 108 Å². The summed E-state index contributed by atoms with van der Waals surface area (Å²) in [7, 11) is 0. The van der Waals surface area contributed by atoms with E-state index in [4.69, 9.17) is 4.74 Å². The molecule has 3 fully saturated rings. The Labute approximate surface area is 227 Å². The lowest BCUT2D eigenvalue weighted by atomic mass is 9.70. The van der Waals surface area contributed by atoms with Crippen LogP contribution in [-0.2, 0) is 14.4 Å². The molecule has 9 heteroatoms. The normalized spacial score (nSPS) is 27.4. The molecule has 5 atom stereocenters. The van der Waals surface area contributed by atoms with E-state index in [2.05, 4.69) is 10.6 Å². The van der Waals surface area contributed by atoms with E-state index in [1.807, 2.05) is 39.0 Å². The molecule has 0 aromatic heterocycles. The van der Waals surface area contributed by atoms with Gasteiger partial charge in [-0.1, -0.05) is 18.2 Å². The molecule has 3 N–H and O–H groups in total.